The number of piperazine rings is 1. The third-order valence-electron chi connectivity index (χ3n) is 4.38. The Morgan fingerprint density at radius 1 is 0.818 bits per heavy atom. The quantitative estimate of drug-likeness (QED) is 0.806. The Hall–Kier alpha value is -2.17. The fourth-order valence-corrected chi connectivity index (χ4v) is 3.11. The van der Waals surface area contributed by atoms with Crippen LogP contribution in [0.1, 0.15) is 5.56 Å². The number of fused-ring (bicyclic) bond motifs is 2. The van der Waals surface area contributed by atoms with Gasteiger partial charge >= 0.3 is 0 Å². The highest BCUT2D eigenvalue weighted by atomic mass is 15.6. The lowest BCUT2D eigenvalue weighted by Gasteiger charge is -2.41. The summed E-state index contributed by atoms with van der Waals surface area (Å²) in [5.41, 5.74) is 4.56. The van der Waals surface area contributed by atoms with Crippen LogP contribution in [0.2, 0.25) is 0 Å². The fraction of sp³-hybridized carbons (Fsp3) is 0.278. The molecular formula is C18H20N4. The summed E-state index contributed by atoms with van der Waals surface area (Å²) in [6.45, 7) is 4.22. The van der Waals surface area contributed by atoms with Crippen molar-refractivity contribution >= 4 is 23.3 Å². The van der Waals surface area contributed by atoms with Crippen molar-refractivity contribution < 1.29 is 0 Å². The van der Waals surface area contributed by atoms with E-state index in [2.05, 4.69) is 69.4 Å². The highest BCUT2D eigenvalue weighted by molar-refractivity contribution is 5.95. The van der Waals surface area contributed by atoms with Crippen LogP contribution in [0.5, 0.6) is 0 Å². The van der Waals surface area contributed by atoms with Crippen LogP contribution < -0.4 is 5.01 Å². The number of hydrogen-bond donors (Lipinski definition) is 0. The van der Waals surface area contributed by atoms with Gasteiger partial charge in [-0.05, 0) is 25.2 Å². The highest BCUT2D eigenvalue weighted by Gasteiger charge is 2.26. The molecule has 112 valence electrons. The maximum atomic E-state index is 4.68. The lowest BCUT2D eigenvalue weighted by Crippen LogP contribution is -2.51. The van der Waals surface area contributed by atoms with Crippen molar-refractivity contribution in [2.45, 2.75) is 0 Å². The van der Waals surface area contributed by atoms with Crippen LogP contribution in [0.25, 0.3) is 0 Å². The predicted molar refractivity (Wildman–Crippen MR) is 91.3 cm³/mol. The van der Waals surface area contributed by atoms with E-state index in [0.29, 0.717) is 0 Å². The van der Waals surface area contributed by atoms with E-state index in [1.807, 2.05) is 12.3 Å². The van der Waals surface area contributed by atoms with E-state index in [1.165, 1.54) is 5.69 Å². The number of hydrazine groups is 1. The van der Waals surface area contributed by atoms with Gasteiger partial charge in [0.2, 0.25) is 0 Å². The van der Waals surface area contributed by atoms with Gasteiger partial charge in [0, 0.05) is 38.0 Å². The van der Waals surface area contributed by atoms with Crippen molar-refractivity contribution in [1.82, 2.24) is 9.91 Å². The molecule has 2 aliphatic rings. The number of para-hydroxylation sites is 3. The van der Waals surface area contributed by atoms with E-state index in [-0.39, 0.29) is 0 Å². The van der Waals surface area contributed by atoms with Gasteiger partial charge in [0.25, 0.3) is 0 Å². The molecule has 0 saturated carbocycles. The SMILES string of the molecule is CN1CCN(N2c3ccccc3C=Nc3ccccc32)CC1. The number of anilines is 2. The number of aliphatic imine (C=N–C) groups is 1. The Morgan fingerprint density at radius 2 is 1.50 bits per heavy atom. The molecule has 0 unspecified atom stereocenters. The van der Waals surface area contributed by atoms with Gasteiger partial charge in [-0.2, -0.15) is 0 Å². The number of rotatable bonds is 1. The van der Waals surface area contributed by atoms with Gasteiger partial charge in [0.05, 0.1) is 17.1 Å². The largest absolute Gasteiger partial charge is 0.304 e. The van der Waals surface area contributed by atoms with Crippen molar-refractivity contribution in [3.63, 3.8) is 0 Å². The van der Waals surface area contributed by atoms with Crippen LogP contribution >= 0.6 is 0 Å². The van der Waals surface area contributed by atoms with Gasteiger partial charge in [-0.3, -0.25) is 10.0 Å². The van der Waals surface area contributed by atoms with E-state index in [1.54, 1.807) is 0 Å². The molecule has 2 aromatic rings. The zero-order chi connectivity index (χ0) is 14.9. The average molecular weight is 292 g/mol. The minimum Gasteiger partial charge on any atom is -0.304 e. The van der Waals surface area contributed by atoms with Crippen LogP contribution in [0.4, 0.5) is 17.1 Å². The van der Waals surface area contributed by atoms with Crippen molar-refractivity contribution in [1.29, 1.82) is 0 Å². The van der Waals surface area contributed by atoms with Crippen molar-refractivity contribution in [3.05, 3.63) is 54.1 Å². The van der Waals surface area contributed by atoms with Gasteiger partial charge in [0.1, 0.15) is 0 Å². The molecule has 4 rings (SSSR count). The van der Waals surface area contributed by atoms with E-state index in [4.69, 9.17) is 0 Å². The molecule has 0 atom stereocenters. The molecule has 0 bridgehead atoms. The monoisotopic (exact) mass is 292 g/mol. The first-order valence-corrected chi connectivity index (χ1v) is 7.78. The third kappa shape index (κ3) is 2.30. The van der Waals surface area contributed by atoms with Gasteiger partial charge < -0.3 is 4.90 Å². The lowest BCUT2D eigenvalue weighted by molar-refractivity contribution is 0.155. The zero-order valence-electron chi connectivity index (χ0n) is 12.8. The zero-order valence-corrected chi connectivity index (χ0v) is 12.8. The van der Waals surface area contributed by atoms with Gasteiger partial charge in [-0.1, -0.05) is 30.3 Å². The maximum Gasteiger partial charge on any atom is 0.0881 e. The van der Waals surface area contributed by atoms with E-state index >= 15 is 0 Å². The summed E-state index contributed by atoms with van der Waals surface area (Å²) >= 11 is 0. The van der Waals surface area contributed by atoms with Crippen molar-refractivity contribution in [3.8, 4) is 0 Å². The summed E-state index contributed by atoms with van der Waals surface area (Å²) in [5.74, 6) is 0. The minimum atomic E-state index is 1.03. The summed E-state index contributed by atoms with van der Waals surface area (Å²) in [5, 5.41) is 4.79. The molecule has 1 saturated heterocycles. The summed E-state index contributed by atoms with van der Waals surface area (Å²) in [4.78, 5) is 7.06. The Balaban J connectivity index is 1.83. The standard InChI is InChI=1S/C18H20N4/c1-20-10-12-21(13-11-20)22-17-8-4-2-6-15(17)14-19-16-7-3-5-9-18(16)22/h2-9,14H,10-13H2,1H3. The van der Waals surface area contributed by atoms with Crippen LogP contribution in [0.15, 0.2) is 53.5 Å². The van der Waals surface area contributed by atoms with Gasteiger partial charge in [0.15, 0.2) is 0 Å². The maximum absolute atomic E-state index is 4.68. The Bertz CT molecular complexity index is 652. The summed E-state index contributed by atoms with van der Waals surface area (Å²) in [7, 11) is 2.19. The van der Waals surface area contributed by atoms with Crippen LogP contribution in [-0.2, 0) is 0 Å². The van der Waals surface area contributed by atoms with E-state index < -0.39 is 0 Å². The summed E-state index contributed by atoms with van der Waals surface area (Å²) in [6.07, 6.45) is 1.98. The molecule has 22 heavy (non-hydrogen) atoms. The van der Waals surface area contributed by atoms with Crippen LogP contribution in [0.3, 0.4) is 0 Å². The molecule has 0 N–H and O–H groups in total. The summed E-state index contributed by atoms with van der Waals surface area (Å²) in [6, 6.07) is 16.9. The Labute approximate surface area is 131 Å². The van der Waals surface area contributed by atoms with Crippen molar-refractivity contribution in [2.24, 2.45) is 4.99 Å². The molecule has 4 heteroatoms. The first-order chi connectivity index (χ1) is 10.8. The number of likely N-dealkylation sites (N-methyl/N-ethyl adjacent to an activating group) is 1. The van der Waals surface area contributed by atoms with Crippen LogP contribution in [0, 0.1) is 0 Å². The minimum absolute atomic E-state index is 1.03. The van der Waals surface area contributed by atoms with Gasteiger partial charge in [-0.15, -0.1) is 0 Å². The van der Waals surface area contributed by atoms with E-state index in [9.17, 15) is 0 Å². The molecular weight excluding hydrogens is 272 g/mol. The molecule has 0 radical (unpaired) electrons. The second-order valence-corrected chi connectivity index (χ2v) is 5.87. The molecule has 0 aliphatic carbocycles. The molecule has 2 aromatic carbocycles. The molecule has 0 amide bonds. The molecule has 4 nitrogen and oxygen atoms in total. The summed E-state index contributed by atoms with van der Waals surface area (Å²) < 4.78 is 0. The van der Waals surface area contributed by atoms with E-state index in [0.717, 1.165) is 43.1 Å². The molecule has 1 fully saturated rings. The normalized spacial score (nSPS) is 18.7. The Morgan fingerprint density at radius 3 is 2.32 bits per heavy atom. The second kappa shape index (κ2) is 5.55. The molecule has 2 aliphatic heterocycles. The second-order valence-electron chi connectivity index (χ2n) is 5.87. The number of benzene rings is 2. The number of hydrogen-bond acceptors (Lipinski definition) is 4. The topological polar surface area (TPSA) is 22.1 Å². The predicted octanol–water partition coefficient (Wildman–Crippen LogP) is 3.05. The Kier molecular flexibility index (Phi) is 3.41. The smallest absolute Gasteiger partial charge is 0.0881 e. The van der Waals surface area contributed by atoms with Crippen LogP contribution in [-0.4, -0.2) is 49.4 Å². The first kappa shape index (κ1) is 13.5. The number of nitrogens with zero attached hydrogens (tertiary/aromatic N) is 4. The lowest BCUT2D eigenvalue weighted by atomic mass is 10.1. The first-order valence-electron chi connectivity index (χ1n) is 7.78. The van der Waals surface area contributed by atoms with Crippen molar-refractivity contribution in [2.75, 3.05) is 38.2 Å². The average Bonchev–Trinajstić information content (AvgIpc) is 2.73. The molecule has 0 aromatic heterocycles. The molecule has 2 heterocycles. The van der Waals surface area contributed by atoms with Gasteiger partial charge in [-0.25, -0.2) is 5.01 Å². The fourth-order valence-electron chi connectivity index (χ4n) is 3.11. The third-order valence-corrected chi connectivity index (χ3v) is 4.38. The highest BCUT2D eigenvalue weighted by Crippen LogP contribution is 2.39. The molecule has 0 spiro atoms.